The highest BCUT2D eigenvalue weighted by atomic mass is 32.2. The van der Waals surface area contributed by atoms with Gasteiger partial charge in [-0.3, -0.25) is 4.55 Å². The van der Waals surface area contributed by atoms with Crippen molar-refractivity contribution in [2.24, 2.45) is 11.7 Å². The van der Waals surface area contributed by atoms with E-state index >= 15 is 0 Å². The zero-order chi connectivity index (χ0) is 16.2. The first kappa shape index (κ1) is 17.2. The van der Waals surface area contributed by atoms with Crippen molar-refractivity contribution in [1.82, 2.24) is 0 Å². The summed E-state index contributed by atoms with van der Waals surface area (Å²) in [5.74, 6) is 0.882. The molecular formula is C17H25NO3S. The Bertz CT molecular complexity index is 606. The van der Waals surface area contributed by atoms with Gasteiger partial charge in [-0.1, -0.05) is 29.3 Å². The Hall–Kier alpha value is -1.17. The molecular weight excluding hydrogens is 298 g/mol. The molecule has 0 bridgehead atoms. The molecule has 2 aliphatic rings. The predicted molar refractivity (Wildman–Crippen MR) is 88.2 cm³/mol. The van der Waals surface area contributed by atoms with Crippen LogP contribution in [-0.4, -0.2) is 19.0 Å². The summed E-state index contributed by atoms with van der Waals surface area (Å²) in [6.45, 7) is 1.84. The second-order valence-electron chi connectivity index (χ2n) is 6.29. The molecule has 0 atom stereocenters. The van der Waals surface area contributed by atoms with Crippen molar-refractivity contribution in [1.29, 1.82) is 0 Å². The summed E-state index contributed by atoms with van der Waals surface area (Å²) in [7, 11) is -4.02. The normalized spacial score (nSPS) is 24.2. The molecule has 0 amide bonds. The van der Waals surface area contributed by atoms with Gasteiger partial charge in [0.05, 0.1) is 4.90 Å². The van der Waals surface area contributed by atoms with Crippen LogP contribution in [0.15, 0.2) is 40.8 Å². The van der Waals surface area contributed by atoms with Crippen molar-refractivity contribution >= 4 is 10.1 Å². The van der Waals surface area contributed by atoms with Crippen molar-refractivity contribution in [2.75, 3.05) is 0 Å². The number of nitrogens with two attached hydrogens (primary N) is 1. The minimum Gasteiger partial charge on any atom is -0.328 e. The highest BCUT2D eigenvalue weighted by Gasteiger charge is 2.19. The molecule has 2 aliphatic carbocycles. The first-order valence-electron chi connectivity index (χ1n) is 7.84. The van der Waals surface area contributed by atoms with Gasteiger partial charge in [0.2, 0.25) is 0 Å². The second kappa shape index (κ2) is 7.40. The minimum atomic E-state index is -4.02. The monoisotopic (exact) mass is 323 g/mol. The van der Waals surface area contributed by atoms with Crippen LogP contribution in [0.4, 0.5) is 0 Å². The average molecular weight is 323 g/mol. The number of rotatable bonds is 2. The van der Waals surface area contributed by atoms with Crippen LogP contribution in [0.2, 0.25) is 0 Å². The Morgan fingerprint density at radius 2 is 1.64 bits per heavy atom. The standard InChI is InChI=1S/C10H17N.C7H8O3S/c11-10-5-3-9(4-6-10)7-8-1-2-8;1-6-2-4-7(5-3-6)11(8,9)10/h7,9-10H,1-6,11H2;2-5H,1H3,(H,8,9,10)/t9-,10-;. The highest BCUT2D eigenvalue weighted by molar-refractivity contribution is 7.85. The van der Waals surface area contributed by atoms with Crippen LogP contribution in [0.3, 0.4) is 0 Å². The molecule has 0 radical (unpaired) electrons. The Morgan fingerprint density at radius 3 is 2.09 bits per heavy atom. The summed E-state index contributed by atoms with van der Waals surface area (Å²) in [5, 5.41) is 0. The summed E-state index contributed by atoms with van der Waals surface area (Å²) in [4.78, 5) is -0.0666. The van der Waals surface area contributed by atoms with Crippen LogP contribution in [0, 0.1) is 12.8 Å². The van der Waals surface area contributed by atoms with E-state index in [9.17, 15) is 8.42 Å². The van der Waals surface area contributed by atoms with E-state index in [1.807, 2.05) is 6.92 Å². The van der Waals surface area contributed by atoms with E-state index in [0.29, 0.717) is 6.04 Å². The van der Waals surface area contributed by atoms with Gasteiger partial charge in [0.25, 0.3) is 10.1 Å². The van der Waals surface area contributed by atoms with Gasteiger partial charge in [0.15, 0.2) is 0 Å². The van der Waals surface area contributed by atoms with E-state index in [1.54, 1.807) is 17.7 Å². The minimum absolute atomic E-state index is 0.0666. The highest BCUT2D eigenvalue weighted by Crippen LogP contribution is 2.33. The molecule has 0 heterocycles. The lowest BCUT2D eigenvalue weighted by molar-refractivity contribution is 0.375. The molecule has 3 rings (SSSR count). The third-order valence-electron chi connectivity index (χ3n) is 4.15. The number of benzene rings is 1. The van der Waals surface area contributed by atoms with Gasteiger partial charge < -0.3 is 5.73 Å². The van der Waals surface area contributed by atoms with Crippen molar-refractivity contribution < 1.29 is 13.0 Å². The van der Waals surface area contributed by atoms with E-state index in [0.717, 1.165) is 11.5 Å². The quantitative estimate of drug-likeness (QED) is 0.645. The molecule has 4 nitrogen and oxygen atoms in total. The Kier molecular flexibility index (Phi) is 5.78. The molecule has 0 aromatic heterocycles. The summed E-state index contributed by atoms with van der Waals surface area (Å²) in [5.41, 5.74) is 8.48. The molecule has 3 N–H and O–H groups in total. The van der Waals surface area contributed by atoms with Gasteiger partial charge in [-0.15, -0.1) is 0 Å². The number of allylic oxidation sites excluding steroid dienone is 2. The molecule has 122 valence electrons. The van der Waals surface area contributed by atoms with Crippen LogP contribution < -0.4 is 5.73 Å². The topological polar surface area (TPSA) is 80.4 Å². The van der Waals surface area contributed by atoms with E-state index in [-0.39, 0.29) is 4.90 Å². The van der Waals surface area contributed by atoms with Gasteiger partial charge in [0.1, 0.15) is 0 Å². The third kappa shape index (κ3) is 5.91. The van der Waals surface area contributed by atoms with Crippen molar-refractivity contribution in [3.63, 3.8) is 0 Å². The SMILES string of the molecule is Cc1ccc(S(=O)(=O)O)cc1.N[C@H]1CC[C@H](C=C2CC2)CC1. The van der Waals surface area contributed by atoms with Gasteiger partial charge in [-0.2, -0.15) is 8.42 Å². The summed E-state index contributed by atoms with van der Waals surface area (Å²) in [6, 6.07) is 6.49. The zero-order valence-electron chi connectivity index (χ0n) is 13.0. The Morgan fingerprint density at radius 1 is 1.09 bits per heavy atom. The third-order valence-corrected chi connectivity index (χ3v) is 5.01. The van der Waals surface area contributed by atoms with Gasteiger partial charge in [-0.25, -0.2) is 0 Å². The number of hydrogen-bond donors (Lipinski definition) is 2. The van der Waals surface area contributed by atoms with Crippen LogP contribution in [0.25, 0.3) is 0 Å². The van der Waals surface area contributed by atoms with Gasteiger partial charge in [0, 0.05) is 6.04 Å². The lowest BCUT2D eigenvalue weighted by atomic mass is 9.86. The predicted octanol–water partition coefficient (Wildman–Crippen LogP) is 3.47. The smallest absolute Gasteiger partial charge is 0.294 e. The summed E-state index contributed by atoms with van der Waals surface area (Å²) >= 11 is 0. The fourth-order valence-electron chi connectivity index (χ4n) is 2.59. The van der Waals surface area contributed by atoms with Crippen molar-refractivity contribution in [3.05, 3.63) is 41.5 Å². The molecule has 1 aromatic carbocycles. The molecule has 0 spiro atoms. The largest absolute Gasteiger partial charge is 0.328 e. The van der Waals surface area contributed by atoms with Crippen LogP contribution >= 0.6 is 0 Å². The maximum Gasteiger partial charge on any atom is 0.294 e. The first-order chi connectivity index (χ1) is 10.3. The van der Waals surface area contributed by atoms with Crippen LogP contribution in [-0.2, 0) is 10.1 Å². The van der Waals surface area contributed by atoms with Crippen molar-refractivity contribution in [3.8, 4) is 0 Å². The lowest BCUT2D eigenvalue weighted by Crippen LogP contribution is -2.25. The first-order valence-corrected chi connectivity index (χ1v) is 9.28. The average Bonchev–Trinajstić information content (AvgIpc) is 3.26. The zero-order valence-corrected chi connectivity index (χ0v) is 13.8. The fraction of sp³-hybridized carbons (Fsp3) is 0.529. The fourth-order valence-corrected chi connectivity index (χ4v) is 3.07. The van der Waals surface area contributed by atoms with Gasteiger partial charge in [-0.05, 0) is 63.5 Å². The van der Waals surface area contributed by atoms with E-state index in [4.69, 9.17) is 10.3 Å². The molecule has 2 saturated carbocycles. The molecule has 0 saturated heterocycles. The molecule has 1 aromatic rings. The van der Waals surface area contributed by atoms with Crippen molar-refractivity contribution in [2.45, 2.75) is 56.4 Å². The Balaban J connectivity index is 0.000000160. The number of aryl methyl sites for hydroxylation is 1. The second-order valence-corrected chi connectivity index (χ2v) is 7.71. The molecule has 22 heavy (non-hydrogen) atoms. The van der Waals surface area contributed by atoms with Crippen LogP contribution in [0.1, 0.15) is 44.1 Å². The summed E-state index contributed by atoms with van der Waals surface area (Å²) < 4.78 is 29.6. The van der Waals surface area contributed by atoms with E-state index < -0.39 is 10.1 Å². The maximum atomic E-state index is 10.5. The van der Waals surface area contributed by atoms with E-state index in [2.05, 4.69) is 6.08 Å². The molecule has 0 aliphatic heterocycles. The molecule has 0 unspecified atom stereocenters. The van der Waals surface area contributed by atoms with E-state index in [1.165, 1.54) is 50.7 Å². The molecule has 2 fully saturated rings. The molecule has 5 heteroatoms. The Labute approximate surface area is 133 Å². The van der Waals surface area contributed by atoms with Gasteiger partial charge >= 0.3 is 0 Å². The lowest BCUT2D eigenvalue weighted by Gasteiger charge is -2.23. The number of hydrogen-bond acceptors (Lipinski definition) is 3. The van der Waals surface area contributed by atoms with Crippen LogP contribution in [0.5, 0.6) is 0 Å². The maximum absolute atomic E-state index is 10.5. The summed E-state index contributed by atoms with van der Waals surface area (Å²) in [6.07, 6.45) is 10.4.